The summed E-state index contributed by atoms with van der Waals surface area (Å²) in [6.07, 6.45) is 3.04. The molecule has 1 aliphatic heterocycles. The summed E-state index contributed by atoms with van der Waals surface area (Å²) in [7, 11) is 0. The smallest absolute Gasteiger partial charge is 0.0745 e. The van der Waals surface area contributed by atoms with Crippen molar-refractivity contribution in [1.82, 2.24) is 0 Å². The Labute approximate surface area is 86.1 Å². The second kappa shape index (κ2) is 4.60. The number of rotatable bonds is 3. The Kier molecular flexibility index (Phi) is 3.93. The number of hydrogen-bond acceptors (Lipinski definition) is 3. The van der Waals surface area contributed by atoms with E-state index < -0.39 is 5.60 Å². The van der Waals surface area contributed by atoms with Crippen LogP contribution in [0.25, 0.3) is 0 Å². The summed E-state index contributed by atoms with van der Waals surface area (Å²) in [4.78, 5) is 0. The lowest BCUT2D eigenvalue weighted by atomic mass is 9.68. The van der Waals surface area contributed by atoms with Crippen molar-refractivity contribution in [3.63, 3.8) is 0 Å². The fourth-order valence-corrected chi connectivity index (χ4v) is 2.13. The fourth-order valence-electron chi connectivity index (χ4n) is 2.13. The Morgan fingerprint density at radius 2 is 2.07 bits per heavy atom. The zero-order valence-electron chi connectivity index (χ0n) is 9.25. The number of aliphatic hydroxyl groups is 2. The number of aliphatic hydroxyl groups excluding tert-OH is 1. The minimum atomic E-state index is -0.757. The molecule has 0 aliphatic carbocycles. The van der Waals surface area contributed by atoms with E-state index in [4.69, 9.17) is 4.74 Å². The van der Waals surface area contributed by atoms with E-state index in [0.29, 0.717) is 13.0 Å². The van der Waals surface area contributed by atoms with E-state index in [-0.39, 0.29) is 12.0 Å². The van der Waals surface area contributed by atoms with Gasteiger partial charge in [0.25, 0.3) is 0 Å². The molecule has 2 atom stereocenters. The number of hydrogen-bond donors (Lipinski definition) is 2. The van der Waals surface area contributed by atoms with Gasteiger partial charge in [-0.2, -0.15) is 0 Å². The molecular formula is C11H22O3. The van der Waals surface area contributed by atoms with Crippen LogP contribution < -0.4 is 0 Å². The van der Waals surface area contributed by atoms with Gasteiger partial charge in [-0.1, -0.05) is 13.8 Å². The lowest BCUT2D eigenvalue weighted by Crippen LogP contribution is -2.48. The van der Waals surface area contributed by atoms with E-state index in [2.05, 4.69) is 0 Å². The lowest BCUT2D eigenvalue weighted by Gasteiger charge is -2.43. The van der Waals surface area contributed by atoms with Crippen molar-refractivity contribution in [2.75, 3.05) is 19.8 Å². The normalized spacial score (nSPS) is 33.4. The molecule has 0 spiro atoms. The van der Waals surface area contributed by atoms with Crippen LogP contribution in [0.3, 0.4) is 0 Å². The van der Waals surface area contributed by atoms with Crippen LogP contribution in [0.1, 0.15) is 39.5 Å². The molecule has 2 N–H and O–H groups in total. The van der Waals surface area contributed by atoms with Gasteiger partial charge >= 0.3 is 0 Å². The van der Waals surface area contributed by atoms with Gasteiger partial charge in [-0.05, 0) is 19.3 Å². The summed E-state index contributed by atoms with van der Waals surface area (Å²) < 4.78 is 5.33. The van der Waals surface area contributed by atoms with Crippen molar-refractivity contribution in [3.8, 4) is 0 Å². The highest BCUT2D eigenvalue weighted by Crippen LogP contribution is 2.41. The summed E-state index contributed by atoms with van der Waals surface area (Å²) >= 11 is 0. The average molecular weight is 202 g/mol. The first-order valence-electron chi connectivity index (χ1n) is 5.49. The van der Waals surface area contributed by atoms with Crippen molar-refractivity contribution in [1.29, 1.82) is 0 Å². The maximum Gasteiger partial charge on any atom is 0.0745 e. The first-order valence-corrected chi connectivity index (χ1v) is 5.49. The Morgan fingerprint density at radius 1 is 1.36 bits per heavy atom. The maximum atomic E-state index is 10.5. The fraction of sp³-hybridized carbons (Fsp3) is 1.00. The van der Waals surface area contributed by atoms with E-state index in [1.165, 1.54) is 0 Å². The molecule has 2 unspecified atom stereocenters. The van der Waals surface area contributed by atoms with Crippen LogP contribution >= 0.6 is 0 Å². The van der Waals surface area contributed by atoms with Crippen molar-refractivity contribution in [2.45, 2.75) is 45.1 Å². The maximum absolute atomic E-state index is 10.5. The molecule has 14 heavy (non-hydrogen) atoms. The Balaban J connectivity index is 2.78. The number of ether oxygens (including phenoxy) is 1. The van der Waals surface area contributed by atoms with Crippen molar-refractivity contribution >= 4 is 0 Å². The van der Waals surface area contributed by atoms with Gasteiger partial charge in [0.15, 0.2) is 0 Å². The second-order valence-electron chi connectivity index (χ2n) is 4.57. The van der Waals surface area contributed by atoms with Crippen LogP contribution in [-0.2, 0) is 4.74 Å². The predicted molar refractivity (Wildman–Crippen MR) is 55.1 cm³/mol. The molecule has 0 saturated carbocycles. The second-order valence-corrected chi connectivity index (χ2v) is 4.57. The van der Waals surface area contributed by atoms with Crippen LogP contribution in [0, 0.1) is 5.41 Å². The third kappa shape index (κ3) is 2.10. The van der Waals surface area contributed by atoms with E-state index in [1.54, 1.807) is 0 Å². The van der Waals surface area contributed by atoms with Gasteiger partial charge in [0.1, 0.15) is 0 Å². The molecular weight excluding hydrogens is 180 g/mol. The van der Waals surface area contributed by atoms with Crippen molar-refractivity contribution in [3.05, 3.63) is 0 Å². The van der Waals surface area contributed by atoms with Crippen LogP contribution in [0.4, 0.5) is 0 Å². The summed E-state index contributed by atoms with van der Waals surface area (Å²) in [6.45, 7) is 5.35. The Bertz CT molecular complexity index is 167. The highest BCUT2D eigenvalue weighted by Gasteiger charge is 2.45. The van der Waals surface area contributed by atoms with Gasteiger partial charge in [-0.3, -0.25) is 0 Å². The van der Waals surface area contributed by atoms with Gasteiger partial charge in [-0.15, -0.1) is 0 Å². The molecule has 0 radical (unpaired) electrons. The monoisotopic (exact) mass is 202 g/mol. The third-order valence-electron chi connectivity index (χ3n) is 3.79. The largest absolute Gasteiger partial charge is 0.396 e. The molecule has 0 bridgehead atoms. The first kappa shape index (κ1) is 12.0. The van der Waals surface area contributed by atoms with Gasteiger partial charge in [0.2, 0.25) is 0 Å². The minimum Gasteiger partial charge on any atom is -0.396 e. The first-order chi connectivity index (χ1) is 6.58. The molecule has 1 aliphatic rings. The quantitative estimate of drug-likeness (QED) is 0.726. The van der Waals surface area contributed by atoms with E-state index >= 15 is 0 Å². The predicted octanol–water partition coefficient (Wildman–Crippen LogP) is 1.33. The zero-order chi connectivity index (χ0) is 10.7. The van der Waals surface area contributed by atoms with Gasteiger partial charge < -0.3 is 14.9 Å². The van der Waals surface area contributed by atoms with Crippen LogP contribution in [0.15, 0.2) is 0 Å². The SMILES string of the molecule is CCC(C)(CO)C1(O)CCCOCC1. The van der Waals surface area contributed by atoms with Crippen molar-refractivity contribution < 1.29 is 14.9 Å². The van der Waals surface area contributed by atoms with Crippen LogP contribution in [0.5, 0.6) is 0 Å². The summed E-state index contributed by atoms with van der Waals surface area (Å²) in [6, 6.07) is 0. The molecule has 1 rings (SSSR count). The van der Waals surface area contributed by atoms with Gasteiger partial charge in [-0.25, -0.2) is 0 Å². The molecule has 3 nitrogen and oxygen atoms in total. The standard InChI is InChI=1S/C11H22O3/c1-3-10(2,9-12)11(13)5-4-7-14-8-6-11/h12-13H,3-9H2,1-2H3. The van der Waals surface area contributed by atoms with E-state index in [0.717, 1.165) is 25.9 Å². The zero-order valence-corrected chi connectivity index (χ0v) is 9.25. The van der Waals surface area contributed by atoms with Crippen molar-refractivity contribution in [2.24, 2.45) is 5.41 Å². The molecule has 84 valence electrons. The minimum absolute atomic E-state index is 0.0417. The van der Waals surface area contributed by atoms with Gasteiger partial charge in [0.05, 0.1) is 12.2 Å². The van der Waals surface area contributed by atoms with E-state index in [1.807, 2.05) is 13.8 Å². The highest BCUT2D eigenvalue weighted by molar-refractivity contribution is 4.95. The van der Waals surface area contributed by atoms with Crippen LogP contribution in [-0.4, -0.2) is 35.6 Å². The van der Waals surface area contributed by atoms with Crippen LogP contribution in [0.2, 0.25) is 0 Å². The topological polar surface area (TPSA) is 49.7 Å². The molecule has 0 amide bonds. The summed E-state index contributed by atoms with van der Waals surface area (Å²) in [5.74, 6) is 0. The molecule has 0 aromatic carbocycles. The molecule has 3 heteroatoms. The molecule has 0 aromatic rings. The molecule has 1 heterocycles. The summed E-state index contributed by atoms with van der Waals surface area (Å²) in [5.41, 5.74) is -1.15. The molecule has 0 aromatic heterocycles. The third-order valence-corrected chi connectivity index (χ3v) is 3.79. The van der Waals surface area contributed by atoms with Gasteiger partial charge in [0, 0.05) is 25.0 Å². The molecule has 1 saturated heterocycles. The average Bonchev–Trinajstić information content (AvgIpc) is 2.43. The highest BCUT2D eigenvalue weighted by atomic mass is 16.5. The molecule has 1 fully saturated rings. The Morgan fingerprint density at radius 3 is 2.64 bits per heavy atom. The van der Waals surface area contributed by atoms with E-state index in [9.17, 15) is 10.2 Å². The summed E-state index contributed by atoms with van der Waals surface area (Å²) in [5, 5.41) is 19.9. The Hall–Kier alpha value is -0.120. The lowest BCUT2D eigenvalue weighted by molar-refractivity contribution is -0.113.